The van der Waals surface area contributed by atoms with Gasteiger partial charge < -0.3 is 5.32 Å². The average molecular weight is 241 g/mol. The maximum absolute atomic E-state index is 11.5. The fraction of sp³-hybridized carbons (Fsp3) is 0.0714. The van der Waals surface area contributed by atoms with Crippen molar-refractivity contribution in [2.75, 3.05) is 6.54 Å². The predicted molar refractivity (Wildman–Crippen MR) is 70.0 cm³/mol. The third-order valence-corrected chi connectivity index (χ3v) is 2.96. The molecule has 0 aliphatic carbocycles. The van der Waals surface area contributed by atoms with E-state index in [9.17, 15) is 4.79 Å². The maximum Gasteiger partial charge on any atom is 0.262 e. The van der Waals surface area contributed by atoms with Crippen LogP contribution in [-0.2, 0) is 0 Å². The molecule has 84 valence electrons. The average Bonchev–Trinajstić information content (AvgIpc) is 2.89. The van der Waals surface area contributed by atoms with Crippen LogP contribution in [0.1, 0.15) is 15.2 Å². The summed E-state index contributed by atoms with van der Waals surface area (Å²) in [5.74, 6) is 5.83. The summed E-state index contributed by atoms with van der Waals surface area (Å²) in [7, 11) is 0. The van der Waals surface area contributed by atoms with Crippen molar-refractivity contribution in [1.82, 2.24) is 5.32 Å². The molecule has 2 aromatic rings. The molecule has 0 bridgehead atoms. The van der Waals surface area contributed by atoms with Crippen molar-refractivity contribution in [2.45, 2.75) is 0 Å². The molecule has 0 saturated carbocycles. The Labute approximate surface area is 104 Å². The zero-order valence-corrected chi connectivity index (χ0v) is 9.96. The van der Waals surface area contributed by atoms with Gasteiger partial charge in [0.05, 0.1) is 11.4 Å². The number of hydrogen-bond acceptors (Lipinski definition) is 2. The number of carbonyl (C=O) groups is 1. The molecule has 0 unspecified atom stereocenters. The Hall–Kier alpha value is -2.05. The highest BCUT2D eigenvalue weighted by Gasteiger charge is 2.03. The third-order valence-electron chi connectivity index (χ3n) is 2.09. The van der Waals surface area contributed by atoms with E-state index in [1.54, 1.807) is 6.07 Å². The monoisotopic (exact) mass is 241 g/mol. The van der Waals surface area contributed by atoms with E-state index in [-0.39, 0.29) is 5.91 Å². The van der Waals surface area contributed by atoms with Gasteiger partial charge in [-0.2, -0.15) is 0 Å². The van der Waals surface area contributed by atoms with Crippen LogP contribution in [0, 0.1) is 11.8 Å². The highest BCUT2D eigenvalue weighted by molar-refractivity contribution is 7.12. The van der Waals surface area contributed by atoms with Gasteiger partial charge in [-0.3, -0.25) is 4.79 Å². The van der Waals surface area contributed by atoms with Crippen molar-refractivity contribution in [1.29, 1.82) is 0 Å². The van der Waals surface area contributed by atoms with E-state index in [0.29, 0.717) is 11.4 Å². The molecule has 1 heterocycles. The fourth-order valence-electron chi connectivity index (χ4n) is 1.29. The molecule has 0 spiro atoms. The molecule has 0 fully saturated rings. The van der Waals surface area contributed by atoms with Crippen LogP contribution in [0.5, 0.6) is 0 Å². The van der Waals surface area contributed by atoms with Gasteiger partial charge in [0.15, 0.2) is 0 Å². The molecule has 0 atom stereocenters. The summed E-state index contributed by atoms with van der Waals surface area (Å²) in [5, 5.41) is 4.63. The number of hydrogen-bond donors (Lipinski definition) is 1. The second-order valence-electron chi connectivity index (χ2n) is 3.33. The summed E-state index contributed by atoms with van der Waals surface area (Å²) in [6.07, 6.45) is 0. The first kappa shape index (κ1) is 11.4. The Kier molecular flexibility index (Phi) is 3.95. The number of thiophene rings is 1. The lowest BCUT2D eigenvalue weighted by Crippen LogP contribution is -2.22. The minimum Gasteiger partial charge on any atom is -0.340 e. The Balaban J connectivity index is 1.85. The van der Waals surface area contributed by atoms with E-state index in [1.165, 1.54) is 11.3 Å². The van der Waals surface area contributed by atoms with Gasteiger partial charge in [0, 0.05) is 5.56 Å². The second kappa shape index (κ2) is 5.88. The van der Waals surface area contributed by atoms with Crippen LogP contribution in [0.2, 0.25) is 0 Å². The van der Waals surface area contributed by atoms with Crippen LogP contribution in [0.4, 0.5) is 0 Å². The molecule has 0 aliphatic rings. The van der Waals surface area contributed by atoms with Crippen molar-refractivity contribution < 1.29 is 4.79 Å². The summed E-state index contributed by atoms with van der Waals surface area (Å²) in [5.41, 5.74) is 0.956. The molecule has 1 N–H and O–H groups in total. The quantitative estimate of drug-likeness (QED) is 0.804. The molecule has 2 rings (SSSR count). The van der Waals surface area contributed by atoms with Gasteiger partial charge in [0.25, 0.3) is 5.91 Å². The molecule has 0 saturated heterocycles. The molecular weight excluding hydrogens is 230 g/mol. The van der Waals surface area contributed by atoms with Crippen molar-refractivity contribution in [3.63, 3.8) is 0 Å². The number of rotatable bonds is 2. The van der Waals surface area contributed by atoms with Gasteiger partial charge in [0.1, 0.15) is 0 Å². The van der Waals surface area contributed by atoms with E-state index in [1.807, 2.05) is 41.8 Å². The Morgan fingerprint density at radius 2 is 2.00 bits per heavy atom. The smallest absolute Gasteiger partial charge is 0.262 e. The summed E-state index contributed by atoms with van der Waals surface area (Å²) in [4.78, 5) is 12.3. The van der Waals surface area contributed by atoms with Crippen LogP contribution < -0.4 is 5.32 Å². The van der Waals surface area contributed by atoms with E-state index in [4.69, 9.17) is 0 Å². The summed E-state index contributed by atoms with van der Waals surface area (Å²) in [6.45, 7) is 0.367. The largest absolute Gasteiger partial charge is 0.340 e. The Morgan fingerprint density at radius 1 is 1.18 bits per heavy atom. The summed E-state index contributed by atoms with van der Waals surface area (Å²) < 4.78 is 0. The van der Waals surface area contributed by atoms with E-state index < -0.39 is 0 Å². The lowest BCUT2D eigenvalue weighted by atomic mass is 10.2. The zero-order chi connectivity index (χ0) is 11.9. The van der Waals surface area contributed by atoms with Crippen LogP contribution in [-0.4, -0.2) is 12.5 Å². The van der Waals surface area contributed by atoms with Gasteiger partial charge in [-0.15, -0.1) is 11.3 Å². The fourth-order valence-corrected chi connectivity index (χ4v) is 1.93. The number of benzene rings is 1. The summed E-state index contributed by atoms with van der Waals surface area (Å²) >= 11 is 1.43. The van der Waals surface area contributed by atoms with Gasteiger partial charge in [-0.05, 0) is 23.6 Å². The Morgan fingerprint density at radius 3 is 2.71 bits per heavy atom. The van der Waals surface area contributed by atoms with E-state index >= 15 is 0 Å². The first-order valence-electron chi connectivity index (χ1n) is 5.22. The molecule has 1 aromatic carbocycles. The number of carbonyl (C=O) groups excluding carboxylic acids is 1. The minimum atomic E-state index is -0.0673. The highest BCUT2D eigenvalue weighted by atomic mass is 32.1. The van der Waals surface area contributed by atoms with Crippen LogP contribution in [0.15, 0.2) is 47.8 Å². The molecule has 0 aliphatic heterocycles. The summed E-state index contributed by atoms with van der Waals surface area (Å²) in [6, 6.07) is 13.4. The lowest BCUT2D eigenvalue weighted by molar-refractivity contribution is 0.0962. The van der Waals surface area contributed by atoms with Gasteiger partial charge in [0.2, 0.25) is 0 Å². The van der Waals surface area contributed by atoms with E-state index in [0.717, 1.165) is 5.56 Å². The van der Waals surface area contributed by atoms with Crippen molar-refractivity contribution in [2.24, 2.45) is 0 Å². The normalized spacial score (nSPS) is 9.18. The first-order valence-corrected chi connectivity index (χ1v) is 6.10. The molecule has 1 amide bonds. The van der Waals surface area contributed by atoms with Crippen LogP contribution >= 0.6 is 11.3 Å². The molecule has 2 nitrogen and oxygen atoms in total. The van der Waals surface area contributed by atoms with Crippen molar-refractivity contribution >= 4 is 17.2 Å². The van der Waals surface area contributed by atoms with Crippen molar-refractivity contribution in [3.05, 3.63) is 58.3 Å². The van der Waals surface area contributed by atoms with Crippen LogP contribution in [0.3, 0.4) is 0 Å². The zero-order valence-electron chi connectivity index (χ0n) is 9.14. The van der Waals surface area contributed by atoms with Gasteiger partial charge in [-0.25, -0.2) is 0 Å². The standard InChI is InChI=1S/C14H11NOS/c16-14(13-9-5-11-17-13)15-10-4-8-12-6-2-1-3-7-12/h1-3,5-7,9,11H,10H2,(H,15,16). The third kappa shape index (κ3) is 3.47. The molecule has 3 heteroatoms. The van der Waals surface area contributed by atoms with Crippen LogP contribution in [0.25, 0.3) is 0 Å². The molecule has 0 radical (unpaired) electrons. The second-order valence-corrected chi connectivity index (χ2v) is 4.28. The van der Waals surface area contributed by atoms with Gasteiger partial charge in [-0.1, -0.05) is 36.1 Å². The Bertz CT molecular complexity index is 535. The highest BCUT2D eigenvalue weighted by Crippen LogP contribution is 2.07. The predicted octanol–water partition coefficient (Wildman–Crippen LogP) is 2.53. The lowest BCUT2D eigenvalue weighted by Gasteiger charge is -1.96. The van der Waals surface area contributed by atoms with Gasteiger partial charge >= 0.3 is 0 Å². The topological polar surface area (TPSA) is 29.1 Å². The molecular formula is C14H11NOS. The minimum absolute atomic E-state index is 0.0673. The SMILES string of the molecule is O=C(NCC#Cc1ccccc1)c1cccs1. The first-order chi connectivity index (χ1) is 8.36. The molecule has 1 aromatic heterocycles. The maximum atomic E-state index is 11.5. The number of nitrogens with one attached hydrogen (secondary N) is 1. The number of amides is 1. The van der Waals surface area contributed by atoms with E-state index in [2.05, 4.69) is 17.2 Å². The molecule has 17 heavy (non-hydrogen) atoms. The van der Waals surface area contributed by atoms with Crippen molar-refractivity contribution in [3.8, 4) is 11.8 Å².